The first-order valence-corrected chi connectivity index (χ1v) is 6.30. The topological polar surface area (TPSA) is 56.3 Å². The molecule has 0 aliphatic heterocycles. The van der Waals surface area contributed by atoms with Gasteiger partial charge in [-0.1, -0.05) is 24.3 Å². The van der Waals surface area contributed by atoms with Crippen molar-refractivity contribution < 1.29 is 9.90 Å². The lowest BCUT2D eigenvalue weighted by Crippen LogP contribution is -2.09. The van der Waals surface area contributed by atoms with Gasteiger partial charge in [-0.05, 0) is 24.3 Å². The van der Waals surface area contributed by atoms with Gasteiger partial charge in [0, 0.05) is 29.8 Å². The molecular weight excluding hydrogens is 252 g/mol. The van der Waals surface area contributed by atoms with E-state index in [1.807, 2.05) is 48.5 Å². The number of aromatic carboxylic acids is 1. The van der Waals surface area contributed by atoms with Crippen LogP contribution in [-0.4, -0.2) is 23.1 Å². The van der Waals surface area contributed by atoms with Crippen molar-refractivity contribution in [2.75, 3.05) is 11.9 Å². The number of hydrogen-bond acceptors (Lipinski definition) is 2. The van der Waals surface area contributed by atoms with Crippen LogP contribution in [0.4, 0.5) is 11.4 Å². The molecule has 0 bridgehead atoms. The zero-order chi connectivity index (χ0) is 14.1. The van der Waals surface area contributed by atoms with E-state index in [4.69, 9.17) is 5.11 Å². The summed E-state index contributed by atoms with van der Waals surface area (Å²) >= 11 is 0. The lowest BCUT2D eigenvalue weighted by molar-refractivity contribution is 0.0697. The van der Waals surface area contributed by atoms with E-state index >= 15 is 0 Å². The number of carboxylic acids is 1. The van der Waals surface area contributed by atoms with Gasteiger partial charge >= 0.3 is 5.97 Å². The van der Waals surface area contributed by atoms with Crippen molar-refractivity contribution in [2.24, 2.45) is 0 Å². The zero-order valence-corrected chi connectivity index (χ0v) is 11.0. The van der Waals surface area contributed by atoms with Gasteiger partial charge in [0.2, 0.25) is 0 Å². The average molecular weight is 266 g/mol. The summed E-state index contributed by atoms with van der Waals surface area (Å²) in [6.45, 7) is 0. The Morgan fingerprint density at radius 2 is 1.95 bits per heavy atom. The molecule has 100 valence electrons. The quantitative estimate of drug-likeness (QED) is 0.761. The number of hydrogen-bond donors (Lipinski definition) is 2. The fourth-order valence-corrected chi connectivity index (χ4v) is 2.32. The number of H-pyrrole nitrogens is 1. The molecule has 0 unspecified atom stereocenters. The monoisotopic (exact) mass is 266 g/mol. The lowest BCUT2D eigenvalue weighted by Gasteiger charge is -2.18. The van der Waals surface area contributed by atoms with Crippen LogP contribution in [0.1, 0.15) is 10.4 Å². The molecule has 0 fully saturated rings. The number of para-hydroxylation sites is 1. The van der Waals surface area contributed by atoms with Gasteiger partial charge in [-0.25, -0.2) is 4.79 Å². The molecule has 1 aromatic heterocycles. The highest BCUT2D eigenvalue weighted by Crippen LogP contribution is 2.31. The van der Waals surface area contributed by atoms with Gasteiger partial charge in [0.05, 0.1) is 11.3 Å². The number of fused-ring (bicyclic) bond motifs is 1. The van der Waals surface area contributed by atoms with Crippen molar-refractivity contribution in [1.82, 2.24) is 4.98 Å². The summed E-state index contributed by atoms with van der Waals surface area (Å²) in [7, 11) is 1.93. The maximum absolute atomic E-state index is 11.0. The van der Waals surface area contributed by atoms with Crippen LogP contribution in [0, 0.1) is 0 Å². The Hall–Kier alpha value is -2.75. The molecule has 0 aliphatic rings. The maximum atomic E-state index is 11.0. The molecule has 3 aromatic rings. The predicted octanol–water partition coefficient (Wildman–Crippen LogP) is 3.63. The fraction of sp³-hybridized carbons (Fsp3) is 0.0625. The third-order valence-electron chi connectivity index (χ3n) is 3.41. The highest BCUT2D eigenvalue weighted by Gasteiger charge is 2.11. The number of anilines is 2. The van der Waals surface area contributed by atoms with Crippen LogP contribution in [0.2, 0.25) is 0 Å². The summed E-state index contributed by atoms with van der Waals surface area (Å²) < 4.78 is 0. The Kier molecular flexibility index (Phi) is 2.91. The minimum absolute atomic E-state index is 0.286. The molecule has 4 heteroatoms. The molecule has 0 aliphatic carbocycles. The summed E-state index contributed by atoms with van der Waals surface area (Å²) in [5.41, 5.74) is 3.20. The van der Waals surface area contributed by atoms with Crippen LogP contribution in [-0.2, 0) is 0 Å². The van der Waals surface area contributed by atoms with Crippen molar-refractivity contribution in [1.29, 1.82) is 0 Å². The van der Waals surface area contributed by atoms with Crippen LogP contribution in [0.5, 0.6) is 0 Å². The Bertz CT molecular complexity index is 777. The van der Waals surface area contributed by atoms with Gasteiger partial charge in [-0.2, -0.15) is 0 Å². The van der Waals surface area contributed by atoms with Gasteiger partial charge in [-0.3, -0.25) is 0 Å². The molecule has 20 heavy (non-hydrogen) atoms. The van der Waals surface area contributed by atoms with Gasteiger partial charge in [0.25, 0.3) is 0 Å². The van der Waals surface area contributed by atoms with E-state index in [0.29, 0.717) is 0 Å². The normalized spacial score (nSPS) is 10.7. The fourth-order valence-electron chi connectivity index (χ4n) is 2.32. The van der Waals surface area contributed by atoms with Crippen molar-refractivity contribution in [3.05, 3.63) is 60.3 Å². The van der Waals surface area contributed by atoms with Crippen molar-refractivity contribution >= 4 is 28.2 Å². The van der Waals surface area contributed by atoms with E-state index in [9.17, 15) is 4.79 Å². The molecule has 0 spiro atoms. The number of aromatic amines is 1. The van der Waals surface area contributed by atoms with E-state index in [0.717, 1.165) is 22.3 Å². The summed E-state index contributed by atoms with van der Waals surface area (Å²) in [4.78, 5) is 16.2. The lowest BCUT2D eigenvalue weighted by atomic mass is 10.1. The first kappa shape index (κ1) is 12.3. The highest BCUT2D eigenvalue weighted by atomic mass is 16.4. The molecule has 1 heterocycles. The second-order valence-electron chi connectivity index (χ2n) is 4.63. The standard InChI is InChI=1S/C16H14N2O2/c1-18(12-6-4-5-11(9-12)16(19)20)15-10-17-14-8-3-2-7-13(14)15/h2-10,17H,1H3,(H,19,20). The van der Waals surface area contributed by atoms with E-state index in [2.05, 4.69) is 4.98 Å². The smallest absolute Gasteiger partial charge is 0.335 e. The summed E-state index contributed by atoms with van der Waals surface area (Å²) in [6, 6.07) is 14.9. The van der Waals surface area contributed by atoms with Gasteiger partial charge in [0.1, 0.15) is 0 Å². The van der Waals surface area contributed by atoms with Gasteiger partial charge < -0.3 is 15.0 Å². The summed E-state index contributed by atoms with van der Waals surface area (Å²) in [6.07, 6.45) is 1.93. The Labute approximate surface area is 116 Å². The van der Waals surface area contributed by atoms with E-state index in [1.165, 1.54) is 0 Å². The minimum atomic E-state index is -0.917. The highest BCUT2D eigenvalue weighted by molar-refractivity contribution is 5.95. The number of nitrogens with one attached hydrogen (secondary N) is 1. The molecule has 4 nitrogen and oxygen atoms in total. The molecule has 0 atom stereocenters. The van der Waals surface area contributed by atoms with Gasteiger partial charge in [-0.15, -0.1) is 0 Å². The van der Waals surface area contributed by atoms with E-state index < -0.39 is 5.97 Å². The second-order valence-corrected chi connectivity index (χ2v) is 4.63. The molecule has 2 N–H and O–H groups in total. The molecule has 0 radical (unpaired) electrons. The van der Waals surface area contributed by atoms with E-state index in [-0.39, 0.29) is 5.56 Å². The van der Waals surface area contributed by atoms with Crippen molar-refractivity contribution in [3.8, 4) is 0 Å². The first-order chi connectivity index (χ1) is 9.66. The van der Waals surface area contributed by atoms with Crippen molar-refractivity contribution in [3.63, 3.8) is 0 Å². The molecule has 2 aromatic carbocycles. The number of benzene rings is 2. The van der Waals surface area contributed by atoms with Crippen LogP contribution in [0.25, 0.3) is 10.9 Å². The summed E-state index contributed by atoms with van der Waals surface area (Å²) in [5.74, 6) is -0.917. The molecule has 0 amide bonds. The minimum Gasteiger partial charge on any atom is -0.478 e. The number of carboxylic acid groups (broad SMARTS) is 1. The van der Waals surface area contributed by atoms with Crippen LogP contribution >= 0.6 is 0 Å². The number of nitrogens with zero attached hydrogens (tertiary/aromatic N) is 1. The number of carbonyl (C=O) groups is 1. The van der Waals surface area contributed by atoms with Crippen LogP contribution < -0.4 is 4.90 Å². The largest absolute Gasteiger partial charge is 0.478 e. The average Bonchev–Trinajstić information content (AvgIpc) is 2.90. The maximum Gasteiger partial charge on any atom is 0.335 e. The third-order valence-corrected chi connectivity index (χ3v) is 3.41. The van der Waals surface area contributed by atoms with Crippen molar-refractivity contribution in [2.45, 2.75) is 0 Å². The molecular formula is C16H14N2O2. The second kappa shape index (κ2) is 4.74. The zero-order valence-electron chi connectivity index (χ0n) is 11.0. The third kappa shape index (κ3) is 2.01. The van der Waals surface area contributed by atoms with Crippen LogP contribution in [0.15, 0.2) is 54.7 Å². The Morgan fingerprint density at radius 1 is 1.15 bits per heavy atom. The predicted molar refractivity (Wildman–Crippen MR) is 79.8 cm³/mol. The molecule has 3 rings (SSSR count). The van der Waals surface area contributed by atoms with Gasteiger partial charge in [0.15, 0.2) is 0 Å². The first-order valence-electron chi connectivity index (χ1n) is 6.30. The molecule has 0 saturated heterocycles. The SMILES string of the molecule is CN(c1cccc(C(=O)O)c1)c1c[nH]c2ccccc12. The Morgan fingerprint density at radius 3 is 2.75 bits per heavy atom. The number of rotatable bonds is 3. The Balaban J connectivity index is 2.06. The van der Waals surface area contributed by atoms with Crippen LogP contribution in [0.3, 0.4) is 0 Å². The molecule has 0 saturated carbocycles. The van der Waals surface area contributed by atoms with E-state index in [1.54, 1.807) is 18.2 Å². The number of aromatic nitrogens is 1. The summed E-state index contributed by atoms with van der Waals surface area (Å²) in [5, 5.41) is 10.2.